The predicted octanol–water partition coefficient (Wildman–Crippen LogP) is 4.67. The van der Waals surface area contributed by atoms with E-state index in [0.29, 0.717) is 12.6 Å². The number of carbonyl (C=O) groups is 1. The van der Waals surface area contributed by atoms with Crippen LogP contribution in [0, 0.1) is 0 Å². The van der Waals surface area contributed by atoms with E-state index in [0.717, 1.165) is 29.7 Å². The van der Waals surface area contributed by atoms with Crippen molar-refractivity contribution in [3.05, 3.63) is 65.7 Å². The zero-order chi connectivity index (χ0) is 16.8. The first-order valence-electron chi connectivity index (χ1n) is 8.78. The van der Waals surface area contributed by atoms with E-state index in [1.807, 2.05) is 66.5 Å². The van der Waals surface area contributed by atoms with E-state index in [1.165, 1.54) is 19.3 Å². The SMILES string of the molecule is CN(C(=O)c1ccccc1COc1ccccc1)C1CCCCC1. The van der Waals surface area contributed by atoms with Crippen LogP contribution in [-0.2, 0) is 6.61 Å². The summed E-state index contributed by atoms with van der Waals surface area (Å²) in [4.78, 5) is 14.9. The molecule has 0 aromatic heterocycles. The number of para-hydroxylation sites is 1. The summed E-state index contributed by atoms with van der Waals surface area (Å²) < 4.78 is 5.84. The molecule has 3 rings (SSSR count). The zero-order valence-electron chi connectivity index (χ0n) is 14.3. The van der Waals surface area contributed by atoms with Crippen LogP contribution in [0.25, 0.3) is 0 Å². The Morgan fingerprint density at radius 2 is 1.67 bits per heavy atom. The molecule has 1 amide bonds. The zero-order valence-corrected chi connectivity index (χ0v) is 14.3. The highest BCUT2D eigenvalue weighted by Gasteiger charge is 2.24. The number of carbonyl (C=O) groups excluding carboxylic acids is 1. The number of nitrogens with zero attached hydrogens (tertiary/aromatic N) is 1. The minimum Gasteiger partial charge on any atom is -0.489 e. The maximum atomic E-state index is 12.9. The first-order valence-corrected chi connectivity index (χ1v) is 8.78. The fraction of sp³-hybridized carbons (Fsp3) is 0.381. The summed E-state index contributed by atoms with van der Waals surface area (Å²) in [7, 11) is 1.94. The molecule has 0 heterocycles. The van der Waals surface area contributed by atoms with Gasteiger partial charge in [0.25, 0.3) is 5.91 Å². The van der Waals surface area contributed by atoms with Gasteiger partial charge < -0.3 is 9.64 Å². The van der Waals surface area contributed by atoms with Crippen LogP contribution in [0.2, 0.25) is 0 Å². The molecule has 2 aromatic carbocycles. The van der Waals surface area contributed by atoms with Crippen molar-refractivity contribution in [3.8, 4) is 5.75 Å². The lowest BCUT2D eigenvalue weighted by Crippen LogP contribution is -2.38. The molecule has 0 saturated heterocycles. The number of benzene rings is 2. The summed E-state index contributed by atoms with van der Waals surface area (Å²) in [5.41, 5.74) is 1.69. The molecule has 24 heavy (non-hydrogen) atoms. The molecule has 1 saturated carbocycles. The van der Waals surface area contributed by atoms with Gasteiger partial charge in [0.05, 0.1) is 0 Å². The van der Waals surface area contributed by atoms with Crippen molar-refractivity contribution in [2.45, 2.75) is 44.8 Å². The molecule has 1 aliphatic rings. The van der Waals surface area contributed by atoms with Crippen molar-refractivity contribution in [1.29, 1.82) is 0 Å². The third-order valence-electron chi connectivity index (χ3n) is 4.83. The van der Waals surface area contributed by atoms with E-state index in [9.17, 15) is 4.79 Å². The second kappa shape index (κ2) is 8.00. The molecule has 0 unspecified atom stereocenters. The topological polar surface area (TPSA) is 29.5 Å². The van der Waals surface area contributed by atoms with Crippen LogP contribution in [0.4, 0.5) is 0 Å². The van der Waals surface area contributed by atoms with Crippen molar-refractivity contribution in [3.63, 3.8) is 0 Å². The Bertz CT molecular complexity index is 663. The van der Waals surface area contributed by atoms with E-state index in [1.54, 1.807) is 0 Å². The maximum Gasteiger partial charge on any atom is 0.254 e. The highest BCUT2D eigenvalue weighted by molar-refractivity contribution is 5.95. The number of rotatable bonds is 5. The summed E-state index contributed by atoms with van der Waals surface area (Å²) >= 11 is 0. The van der Waals surface area contributed by atoms with Gasteiger partial charge in [0, 0.05) is 24.2 Å². The lowest BCUT2D eigenvalue weighted by molar-refractivity contribution is 0.0693. The molecule has 3 nitrogen and oxygen atoms in total. The Kier molecular flexibility index (Phi) is 5.52. The standard InChI is InChI=1S/C21H25NO2/c1-22(18-11-4-2-5-12-18)21(23)20-15-9-8-10-17(20)16-24-19-13-6-3-7-14-19/h3,6-10,13-15,18H,2,4-5,11-12,16H2,1H3. The van der Waals surface area contributed by atoms with Crippen molar-refractivity contribution >= 4 is 5.91 Å². The third-order valence-corrected chi connectivity index (χ3v) is 4.83. The molecule has 0 atom stereocenters. The lowest BCUT2D eigenvalue weighted by atomic mass is 9.94. The minimum absolute atomic E-state index is 0.106. The van der Waals surface area contributed by atoms with Gasteiger partial charge in [-0.05, 0) is 31.0 Å². The number of hydrogen-bond donors (Lipinski definition) is 0. The summed E-state index contributed by atoms with van der Waals surface area (Å²) in [5, 5.41) is 0. The molecule has 2 aromatic rings. The Hall–Kier alpha value is -2.29. The van der Waals surface area contributed by atoms with Gasteiger partial charge in [-0.3, -0.25) is 4.79 Å². The first kappa shape index (κ1) is 16.6. The highest BCUT2D eigenvalue weighted by atomic mass is 16.5. The summed E-state index contributed by atoms with van der Waals surface area (Å²) in [6.07, 6.45) is 5.97. The van der Waals surface area contributed by atoms with Gasteiger partial charge in [0.1, 0.15) is 12.4 Å². The van der Waals surface area contributed by atoms with Crippen LogP contribution in [-0.4, -0.2) is 23.9 Å². The number of amides is 1. The smallest absolute Gasteiger partial charge is 0.254 e. The molecule has 0 spiro atoms. The lowest BCUT2D eigenvalue weighted by Gasteiger charge is -2.31. The van der Waals surface area contributed by atoms with Gasteiger partial charge >= 0.3 is 0 Å². The highest BCUT2D eigenvalue weighted by Crippen LogP contribution is 2.24. The fourth-order valence-corrected chi connectivity index (χ4v) is 3.36. The van der Waals surface area contributed by atoms with Crippen molar-refractivity contribution in [1.82, 2.24) is 4.90 Å². The van der Waals surface area contributed by atoms with E-state index < -0.39 is 0 Å². The molecule has 0 radical (unpaired) electrons. The third kappa shape index (κ3) is 3.97. The van der Waals surface area contributed by atoms with Crippen LogP contribution in [0.1, 0.15) is 48.0 Å². The van der Waals surface area contributed by atoms with Crippen molar-refractivity contribution in [2.24, 2.45) is 0 Å². The second-order valence-electron chi connectivity index (χ2n) is 6.47. The average Bonchev–Trinajstić information content (AvgIpc) is 2.67. The summed E-state index contributed by atoms with van der Waals surface area (Å²) in [6.45, 7) is 0.407. The Morgan fingerprint density at radius 3 is 2.42 bits per heavy atom. The van der Waals surface area contributed by atoms with E-state index in [-0.39, 0.29) is 5.91 Å². The van der Waals surface area contributed by atoms with E-state index in [2.05, 4.69) is 0 Å². The molecule has 3 heteroatoms. The molecule has 1 aliphatic carbocycles. The van der Waals surface area contributed by atoms with Crippen LogP contribution < -0.4 is 4.74 Å². The van der Waals surface area contributed by atoms with Gasteiger partial charge in [0.15, 0.2) is 0 Å². The van der Waals surface area contributed by atoms with Crippen LogP contribution >= 0.6 is 0 Å². The molecular formula is C21H25NO2. The van der Waals surface area contributed by atoms with Gasteiger partial charge in [-0.1, -0.05) is 55.7 Å². The van der Waals surface area contributed by atoms with Gasteiger partial charge in [-0.2, -0.15) is 0 Å². The normalized spacial score (nSPS) is 15.0. The Labute approximate surface area is 144 Å². The average molecular weight is 323 g/mol. The van der Waals surface area contributed by atoms with Crippen LogP contribution in [0.15, 0.2) is 54.6 Å². The van der Waals surface area contributed by atoms with Crippen LogP contribution in [0.5, 0.6) is 5.75 Å². The van der Waals surface area contributed by atoms with E-state index in [4.69, 9.17) is 4.74 Å². The van der Waals surface area contributed by atoms with Gasteiger partial charge in [0.2, 0.25) is 0 Å². The molecular weight excluding hydrogens is 298 g/mol. The molecule has 0 aliphatic heterocycles. The number of ether oxygens (including phenoxy) is 1. The number of hydrogen-bond acceptors (Lipinski definition) is 2. The first-order chi connectivity index (χ1) is 11.8. The molecule has 126 valence electrons. The van der Waals surface area contributed by atoms with Crippen molar-refractivity contribution in [2.75, 3.05) is 7.05 Å². The minimum atomic E-state index is 0.106. The quantitative estimate of drug-likeness (QED) is 0.800. The Balaban J connectivity index is 1.71. The van der Waals surface area contributed by atoms with Gasteiger partial charge in [-0.15, -0.1) is 0 Å². The maximum absolute atomic E-state index is 12.9. The molecule has 0 N–H and O–H groups in total. The molecule has 1 fully saturated rings. The van der Waals surface area contributed by atoms with Crippen LogP contribution in [0.3, 0.4) is 0 Å². The fourth-order valence-electron chi connectivity index (χ4n) is 3.36. The largest absolute Gasteiger partial charge is 0.489 e. The molecule has 0 bridgehead atoms. The summed E-state index contributed by atoms with van der Waals surface area (Å²) in [6, 6.07) is 17.9. The monoisotopic (exact) mass is 323 g/mol. The Morgan fingerprint density at radius 1 is 1.00 bits per heavy atom. The van der Waals surface area contributed by atoms with Gasteiger partial charge in [-0.25, -0.2) is 0 Å². The predicted molar refractivity (Wildman–Crippen MR) is 96.2 cm³/mol. The second-order valence-corrected chi connectivity index (χ2v) is 6.47. The van der Waals surface area contributed by atoms with E-state index >= 15 is 0 Å². The van der Waals surface area contributed by atoms with Crippen molar-refractivity contribution < 1.29 is 9.53 Å². The summed E-state index contributed by atoms with van der Waals surface area (Å²) in [5.74, 6) is 0.926.